The fourth-order valence-corrected chi connectivity index (χ4v) is 4.02. The van der Waals surface area contributed by atoms with Crippen LogP contribution in [0.3, 0.4) is 0 Å². The van der Waals surface area contributed by atoms with Crippen molar-refractivity contribution in [1.29, 1.82) is 0 Å². The molecule has 1 aromatic heterocycles. The maximum absolute atomic E-state index is 6.00. The first-order valence-electron chi connectivity index (χ1n) is 7.94. The van der Waals surface area contributed by atoms with Gasteiger partial charge in [-0.25, -0.2) is 0 Å². The Kier molecular flexibility index (Phi) is 3.80. The minimum absolute atomic E-state index is 0.630. The van der Waals surface area contributed by atoms with Gasteiger partial charge in [-0.2, -0.15) is 0 Å². The molecule has 2 heterocycles. The van der Waals surface area contributed by atoms with Crippen LogP contribution in [-0.4, -0.2) is 6.54 Å². The van der Waals surface area contributed by atoms with Gasteiger partial charge in [0.2, 0.25) is 0 Å². The largest absolute Gasteiger partial charge is 0.488 e. The summed E-state index contributed by atoms with van der Waals surface area (Å²) in [4.78, 5) is 2.60. The van der Waals surface area contributed by atoms with E-state index in [1.165, 1.54) is 32.1 Å². The van der Waals surface area contributed by atoms with Crippen molar-refractivity contribution in [2.45, 2.75) is 20.0 Å². The van der Waals surface area contributed by atoms with Crippen molar-refractivity contribution in [3.63, 3.8) is 0 Å². The van der Waals surface area contributed by atoms with Crippen molar-refractivity contribution in [3.8, 4) is 16.9 Å². The fraction of sp³-hybridized carbons (Fsp3) is 0.200. The van der Waals surface area contributed by atoms with E-state index in [4.69, 9.17) is 4.74 Å². The smallest absolute Gasteiger partial charge is 0.122 e. The SMILES string of the molecule is Cc1sc(COc2ccc3c(c2)CCN3)cc1-c1ccccc1. The Bertz CT molecular complexity index is 823. The Balaban J connectivity index is 1.50. The van der Waals surface area contributed by atoms with E-state index in [1.807, 2.05) is 11.3 Å². The normalized spacial score (nSPS) is 12.7. The molecule has 2 aromatic carbocycles. The van der Waals surface area contributed by atoms with Crippen LogP contribution in [0.2, 0.25) is 0 Å². The van der Waals surface area contributed by atoms with Crippen LogP contribution < -0.4 is 10.1 Å². The van der Waals surface area contributed by atoms with Crippen LogP contribution in [0.5, 0.6) is 5.75 Å². The molecule has 0 saturated carbocycles. The van der Waals surface area contributed by atoms with Crippen molar-refractivity contribution in [3.05, 3.63) is 69.9 Å². The van der Waals surface area contributed by atoms with E-state index in [1.54, 1.807) is 0 Å². The Hall–Kier alpha value is -2.26. The van der Waals surface area contributed by atoms with Gasteiger partial charge in [0.05, 0.1) is 0 Å². The molecule has 0 atom stereocenters. The molecular formula is C20H19NOS. The number of fused-ring (bicyclic) bond motifs is 1. The molecule has 3 aromatic rings. The highest BCUT2D eigenvalue weighted by atomic mass is 32.1. The minimum atomic E-state index is 0.630. The summed E-state index contributed by atoms with van der Waals surface area (Å²) in [7, 11) is 0. The van der Waals surface area contributed by atoms with Gasteiger partial charge in [0.15, 0.2) is 0 Å². The third kappa shape index (κ3) is 2.97. The van der Waals surface area contributed by atoms with E-state index in [2.05, 4.69) is 66.8 Å². The van der Waals surface area contributed by atoms with Gasteiger partial charge in [0.1, 0.15) is 12.4 Å². The predicted molar refractivity (Wildman–Crippen MR) is 97.5 cm³/mol. The highest BCUT2D eigenvalue weighted by Gasteiger charge is 2.11. The van der Waals surface area contributed by atoms with Crippen molar-refractivity contribution < 1.29 is 4.74 Å². The molecule has 0 radical (unpaired) electrons. The molecule has 0 fully saturated rings. The molecule has 0 bridgehead atoms. The molecule has 0 aliphatic carbocycles. The second-order valence-corrected chi connectivity index (χ2v) is 7.17. The van der Waals surface area contributed by atoms with Crippen molar-refractivity contribution in [1.82, 2.24) is 0 Å². The molecule has 3 heteroatoms. The number of ether oxygens (including phenoxy) is 1. The Morgan fingerprint density at radius 3 is 2.83 bits per heavy atom. The third-order valence-electron chi connectivity index (χ3n) is 4.22. The molecule has 0 unspecified atom stereocenters. The van der Waals surface area contributed by atoms with Crippen LogP contribution in [0.15, 0.2) is 54.6 Å². The van der Waals surface area contributed by atoms with E-state index < -0.39 is 0 Å². The van der Waals surface area contributed by atoms with Crippen LogP contribution in [0, 0.1) is 6.92 Å². The lowest BCUT2D eigenvalue weighted by atomic mass is 10.1. The maximum Gasteiger partial charge on any atom is 0.122 e. The molecule has 23 heavy (non-hydrogen) atoms. The molecule has 116 valence electrons. The van der Waals surface area contributed by atoms with Crippen LogP contribution in [0.25, 0.3) is 11.1 Å². The molecule has 2 nitrogen and oxygen atoms in total. The fourth-order valence-electron chi connectivity index (χ4n) is 3.04. The summed E-state index contributed by atoms with van der Waals surface area (Å²) in [5, 5.41) is 3.38. The lowest BCUT2D eigenvalue weighted by molar-refractivity contribution is 0.309. The number of hydrogen-bond acceptors (Lipinski definition) is 3. The van der Waals surface area contributed by atoms with E-state index in [0.717, 1.165) is 18.7 Å². The molecule has 0 spiro atoms. The minimum Gasteiger partial charge on any atom is -0.488 e. The predicted octanol–water partition coefficient (Wildman–Crippen LogP) is 5.27. The molecular weight excluding hydrogens is 302 g/mol. The number of nitrogens with one attached hydrogen (secondary N) is 1. The summed E-state index contributed by atoms with van der Waals surface area (Å²) in [6.07, 6.45) is 1.09. The van der Waals surface area contributed by atoms with Crippen LogP contribution >= 0.6 is 11.3 Å². The highest BCUT2D eigenvalue weighted by Crippen LogP contribution is 2.32. The van der Waals surface area contributed by atoms with Crippen LogP contribution in [-0.2, 0) is 13.0 Å². The zero-order valence-electron chi connectivity index (χ0n) is 13.1. The number of thiophene rings is 1. The highest BCUT2D eigenvalue weighted by molar-refractivity contribution is 7.12. The molecule has 4 rings (SSSR count). The standard InChI is InChI=1S/C20H19NOS/c1-14-19(15-5-3-2-4-6-15)12-18(23-14)13-22-17-7-8-20-16(11-17)9-10-21-20/h2-8,11-12,21H,9-10,13H2,1H3. The number of benzene rings is 2. The van der Waals surface area contributed by atoms with E-state index in [-0.39, 0.29) is 0 Å². The molecule has 1 aliphatic heterocycles. The van der Waals surface area contributed by atoms with Gasteiger partial charge in [-0.1, -0.05) is 30.3 Å². The average Bonchev–Trinajstić information content (AvgIpc) is 3.19. The summed E-state index contributed by atoms with van der Waals surface area (Å²) in [6.45, 7) is 3.84. The molecule has 1 N–H and O–H groups in total. The first kappa shape index (κ1) is 14.3. The van der Waals surface area contributed by atoms with Gasteiger partial charge in [-0.05, 0) is 54.3 Å². The van der Waals surface area contributed by atoms with Crippen molar-refractivity contribution in [2.24, 2.45) is 0 Å². The number of hydrogen-bond donors (Lipinski definition) is 1. The summed E-state index contributed by atoms with van der Waals surface area (Å²) in [6, 6.07) is 19.1. The first-order valence-corrected chi connectivity index (χ1v) is 8.75. The molecule has 0 amide bonds. The summed E-state index contributed by atoms with van der Waals surface area (Å²) >= 11 is 1.82. The van der Waals surface area contributed by atoms with Gasteiger partial charge < -0.3 is 10.1 Å². The van der Waals surface area contributed by atoms with Crippen molar-refractivity contribution in [2.75, 3.05) is 11.9 Å². The summed E-state index contributed by atoms with van der Waals surface area (Å²) < 4.78 is 6.00. The van der Waals surface area contributed by atoms with E-state index >= 15 is 0 Å². The summed E-state index contributed by atoms with van der Waals surface area (Å²) in [5.74, 6) is 0.958. The van der Waals surface area contributed by atoms with Gasteiger partial charge in [-0.15, -0.1) is 11.3 Å². The molecule has 0 saturated heterocycles. The van der Waals surface area contributed by atoms with E-state index in [0.29, 0.717) is 6.61 Å². The quantitative estimate of drug-likeness (QED) is 0.707. The molecule has 1 aliphatic rings. The topological polar surface area (TPSA) is 21.3 Å². The second-order valence-electron chi connectivity index (χ2n) is 5.83. The third-order valence-corrected chi connectivity index (χ3v) is 5.25. The van der Waals surface area contributed by atoms with Crippen LogP contribution in [0.1, 0.15) is 15.3 Å². The number of aryl methyl sites for hydroxylation is 1. The maximum atomic E-state index is 6.00. The lowest BCUT2D eigenvalue weighted by Crippen LogP contribution is -1.93. The van der Waals surface area contributed by atoms with Gasteiger partial charge in [-0.3, -0.25) is 0 Å². The van der Waals surface area contributed by atoms with Gasteiger partial charge in [0.25, 0.3) is 0 Å². The first-order chi connectivity index (χ1) is 11.3. The Morgan fingerprint density at radius 1 is 1.09 bits per heavy atom. The van der Waals surface area contributed by atoms with Crippen molar-refractivity contribution >= 4 is 17.0 Å². The second kappa shape index (κ2) is 6.09. The zero-order valence-corrected chi connectivity index (χ0v) is 14.0. The average molecular weight is 321 g/mol. The van der Waals surface area contributed by atoms with Crippen LogP contribution in [0.4, 0.5) is 5.69 Å². The van der Waals surface area contributed by atoms with E-state index in [9.17, 15) is 0 Å². The van der Waals surface area contributed by atoms with Gasteiger partial charge >= 0.3 is 0 Å². The monoisotopic (exact) mass is 321 g/mol. The Morgan fingerprint density at radius 2 is 1.96 bits per heavy atom. The Labute approximate surface area is 140 Å². The zero-order chi connectivity index (χ0) is 15.6. The van der Waals surface area contributed by atoms with Gasteiger partial charge in [0, 0.05) is 22.0 Å². The number of rotatable bonds is 4. The number of anilines is 1. The summed E-state index contributed by atoms with van der Waals surface area (Å²) in [5.41, 5.74) is 5.19. The lowest BCUT2D eigenvalue weighted by Gasteiger charge is -2.06.